The number of carbonyl (C=O) groups is 4. The minimum absolute atomic E-state index is 0. The van der Waals surface area contributed by atoms with E-state index in [1.54, 1.807) is 41.8 Å². The molecule has 0 spiro atoms. The summed E-state index contributed by atoms with van der Waals surface area (Å²) in [6.45, 7) is 10.6. The van der Waals surface area contributed by atoms with E-state index in [4.69, 9.17) is 0 Å². The Kier molecular flexibility index (Phi) is 21.3. The summed E-state index contributed by atoms with van der Waals surface area (Å²) < 4.78 is 17.3. The van der Waals surface area contributed by atoms with Gasteiger partial charge in [-0.2, -0.15) is 45.6 Å². The third-order valence-electron chi connectivity index (χ3n) is 10.1. The number of amides is 3. The fraction of sp³-hybridized carbons (Fsp3) is 0.639. The van der Waals surface area contributed by atoms with E-state index in [0.29, 0.717) is 36.8 Å². The van der Waals surface area contributed by atoms with Crippen LogP contribution in [-0.2, 0) is 20.9 Å². The molecule has 1 saturated carbocycles. The lowest BCUT2D eigenvalue weighted by molar-refractivity contribution is -0.138. The van der Waals surface area contributed by atoms with Crippen LogP contribution in [-0.4, -0.2) is 82.4 Å². The molecule has 2 aliphatic rings. The zero-order valence-corrected chi connectivity index (χ0v) is 32.6. The van der Waals surface area contributed by atoms with Gasteiger partial charge in [0.1, 0.15) is 17.6 Å². The molecule has 1 saturated heterocycles. The molecule has 0 radical (unpaired) electrons. The Hall–Kier alpha value is -2.55. The Bertz CT molecular complexity index is 1380. The maximum Gasteiger partial charge on any atom is 0.245 e. The van der Waals surface area contributed by atoms with E-state index < -0.39 is 23.7 Å². The molecule has 4 atom stereocenters. The Morgan fingerprint density at radius 1 is 0.960 bits per heavy atom. The molecule has 284 valence electrons. The van der Waals surface area contributed by atoms with Crippen molar-refractivity contribution in [1.29, 1.82) is 0 Å². The molecule has 3 amide bonds. The third-order valence-corrected chi connectivity index (χ3v) is 10.1. The van der Waals surface area contributed by atoms with Crippen LogP contribution in [0.15, 0.2) is 30.5 Å². The van der Waals surface area contributed by atoms with Gasteiger partial charge < -0.3 is 20.4 Å². The van der Waals surface area contributed by atoms with E-state index in [-0.39, 0.29) is 95.9 Å². The van der Waals surface area contributed by atoms with Crippen LogP contribution in [0.25, 0.3) is 0 Å². The molecular weight excluding hydrogens is 696 g/mol. The van der Waals surface area contributed by atoms with Crippen LogP contribution in [0.5, 0.6) is 0 Å². The van der Waals surface area contributed by atoms with Crippen LogP contribution in [0.1, 0.15) is 102 Å². The third kappa shape index (κ3) is 12.0. The zero-order chi connectivity index (χ0) is 33.4. The van der Waals surface area contributed by atoms with Crippen LogP contribution in [0.2, 0.25) is 0 Å². The van der Waals surface area contributed by atoms with Gasteiger partial charge in [0.2, 0.25) is 17.7 Å². The first-order valence-corrected chi connectivity index (χ1v) is 17.0. The number of hydrogen-bond donors (Lipinski definition) is 2. The standard InChI is InChI=1S/C35H51FN6O4.CH4.3H2S/c1-6-32(44)39-33(35(46)41-19-17-40(5)18-20-41)24(4)26-13-14-29(28(36)21-26)38-34(45)27(23(3)25-11-9-8-10-12-25)22-31(43)30-15-16-37-42(30)7-2;;;;/h13-16,21,23-25,27,33H,6-12,17-20,22H2,1-5H3,(H,38,45)(H,39,44);1H4;3*1H2/t23-,24-,27-,33+;;;;/m0..../s1. The molecule has 1 aromatic carbocycles. The number of benzene rings is 1. The number of aromatic nitrogens is 2. The molecule has 2 fully saturated rings. The van der Waals surface area contributed by atoms with Gasteiger partial charge in [-0.1, -0.05) is 66.4 Å². The second-order valence-electron chi connectivity index (χ2n) is 13.1. The number of nitrogens with one attached hydrogen (secondary N) is 2. The van der Waals surface area contributed by atoms with Crippen LogP contribution < -0.4 is 10.6 Å². The Morgan fingerprint density at radius 3 is 2.18 bits per heavy atom. The number of aryl methyl sites for hydroxylation is 1. The van der Waals surface area contributed by atoms with Gasteiger partial charge in [0.05, 0.1) is 5.69 Å². The van der Waals surface area contributed by atoms with Crippen molar-refractivity contribution in [2.75, 3.05) is 38.5 Å². The van der Waals surface area contributed by atoms with E-state index in [0.717, 1.165) is 38.8 Å². The fourth-order valence-corrected chi connectivity index (χ4v) is 6.87. The number of rotatable bonds is 13. The minimum atomic E-state index is -0.848. The predicted octanol–water partition coefficient (Wildman–Crippen LogP) is 5.83. The van der Waals surface area contributed by atoms with Gasteiger partial charge in [-0.05, 0) is 49.6 Å². The lowest BCUT2D eigenvalue weighted by Crippen LogP contribution is -2.55. The number of ketones is 1. The molecule has 1 aliphatic heterocycles. The van der Waals surface area contributed by atoms with Gasteiger partial charge in [0.15, 0.2) is 5.78 Å². The summed E-state index contributed by atoms with van der Waals surface area (Å²) >= 11 is 0. The summed E-state index contributed by atoms with van der Waals surface area (Å²) in [6.07, 6.45) is 7.23. The number of carbonyl (C=O) groups excluding carboxylic acids is 4. The van der Waals surface area contributed by atoms with Crippen molar-refractivity contribution < 1.29 is 23.6 Å². The number of likely N-dealkylation sites (N-methyl/N-ethyl adjacent to an activating group) is 1. The second kappa shape index (κ2) is 22.4. The molecule has 2 aromatic rings. The highest BCUT2D eigenvalue weighted by Crippen LogP contribution is 2.36. The molecular formula is C36H61FN6O4S3. The van der Waals surface area contributed by atoms with E-state index in [1.807, 2.05) is 20.9 Å². The SMILES string of the molecule is C.CCC(=O)N[C@@H](C(=O)N1CCN(C)CC1)[C@@H](C)c1ccc(NC(=O)[C@@H](CC(=O)c2ccnn2CC)[C@@H](C)C2CCCCC2)c(F)c1.S.S.S. The van der Waals surface area contributed by atoms with Crippen molar-refractivity contribution in [2.45, 2.75) is 98.6 Å². The smallest absolute Gasteiger partial charge is 0.245 e. The molecule has 10 nitrogen and oxygen atoms in total. The first-order chi connectivity index (χ1) is 22.0. The van der Waals surface area contributed by atoms with Gasteiger partial charge in [0, 0.05) is 63.6 Å². The van der Waals surface area contributed by atoms with E-state index in [9.17, 15) is 19.2 Å². The average Bonchev–Trinajstić information content (AvgIpc) is 3.56. The van der Waals surface area contributed by atoms with Crippen LogP contribution in [0.3, 0.4) is 0 Å². The normalized spacial score (nSPS) is 17.3. The first kappa shape index (κ1) is 47.4. The average molecular weight is 757 g/mol. The number of piperazine rings is 1. The lowest BCUT2D eigenvalue weighted by atomic mass is 9.73. The van der Waals surface area contributed by atoms with Gasteiger partial charge in [-0.3, -0.25) is 23.9 Å². The van der Waals surface area contributed by atoms with Gasteiger partial charge in [-0.25, -0.2) is 4.39 Å². The van der Waals surface area contributed by atoms with Crippen LogP contribution >= 0.6 is 40.5 Å². The topological polar surface area (TPSA) is 117 Å². The fourth-order valence-electron chi connectivity index (χ4n) is 6.87. The van der Waals surface area contributed by atoms with E-state index in [1.165, 1.54) is 18.6 Å². The van der Waals surface area contributed by atoms with Crippen molar-refractivity contribution >= 4 is 69.7 Å². The van der Waals surface area contributed by atoms with Gasteiger partial charge in [-0.15, -0.1) is 0 Å². The maximum absolute atomic E-state index is 15.7. The number of halogens is 1. The Morgan fingerprint density at radius 2 is 1.60 bits per heavy atom. The Labute approximate surface area is 319 Å². The lowest BCUT2D eigenvalue weighted by Gasteiger charge is -2.36. The highest BCUT2D eigenvalue weighted by molar-refractivity contribution is 7.59. The second-order valence-corrected chi connectivity index (χ2v) is 13.1. The Balaban J connectivity index is 0.00000600. The van der Waals surface area contributed by atoms with Crippen molar-refractivity contribution in [3.05, 3.63) is 47.5 Å². The van der Waals surface area contributed by atoms with E-state index >= 15 is 4.39 Å². The molecule has 1 aromatic heterocycles. The molecule has 0 unspecified atom stereocenters. The summed E-state index contributed by atoms with van der Waals surface area (Å²) in [6, 6.07) is 5.35. The molecule has 1 aliphatic carbocycles. The predicted molar refractivity (Wildman–Crippen MR) is 214 cm³/mol. The molecule has 2 heterocycles. The number of nitrogens with zero attached hydrogens (tertiary/aromatic N) is 4. The van der Waals surface area contributed by atoms with Crippen LogP contribution in [0, 0.1) is 23.6 Å². The van der Waals surface area contributed by atoms with Crippen molar-refractivity contribution in [3.63, 3.8) is 0 Å². The van der Waals surface area contributed by atoms with Gasteiger partial charge >= 0.3 is 0 Å². The van der Waals surface area contributed by atoms with Gasteiger partial charge in [0.25, 0.3) is 0 Å². The summed E-state index contributed by atoms with van der Waals surface area (Å²) in [5, 5.41) is 9.86. The minimum Gasteiger partial charge on any atom is -0.344 e. The summed E-state index contributed by atoms with van der Waals surface area (Å²) in [4.78, 5) is 57.1. The molecule has 4 rings (SSSR count). The maximum atomic E-state index is 15.7. The molecule has 2 N–H and O–H groups in total. The highest BCUT2D eigenvalue weighted by Gasteiger charge is 2.36. The summed E-state index contributed by atoms with van der Waals surface area (Å²) in [5.74, 6) is -2.51. The van der Waals surface area contributed by atoms with Crippen molar-refractivity contribution in [2.24, 2.45) is 17.8 Å². The summed E-state index contributed by atoms with van der Waals surface area (Å²) in [5.41, 5.74) is 1.03. The quantitative estimate of drug-likeness (QED) is 0.249. The van der Waals surface area contributed by atoms with Crippen molar-refractivity contribution in [3.8, 4) is 0 Å². The van der Waals surface area contributed by atoms with Crippen LogP contribution in [0.4, 0.5) is 10.1 Å². The first-order valence-electron chi connectivity index (χ1n) is 17.0. The number of Topliss-reactive ketones (excluding diaryl/α,β-unsaturated/α-hetero) is 1. The number of anilines is 1. The van der Waals surface area contributed by atoms with Crippen molar-refractivity contribution in [1.82, 2.24) is 24.9 Å². The number of hydrogen-bond acceptors (Lipinski definition) is 6. The summed E-state index contributed by atoms with van der Waals surface area (Å²) in [7, 11) is 2.00. The molecule has 50 heavy (non-hydrogen) atoms. The largest absolute Gasteiger partial charge is 0.344 e. The van der Waals surface area contributed by atoms with E-state index in [2.05, 4.69) is 20.6 Å². The highest BCUT2D eigenvalue weighted by atomic mass is 32.1. The molecule has 14 heteroatoms. The zero-order valence-electron chi connectivity index (χ0n) is 29.6. The monoisotopic (exact) mass is 756 g/mol. The molecule has 0 bridgehead atoms.